The van der Waals surface area contributed by atoms with Crippen LogP contribution in [0.1, 0.15) is 21.5 Å². The van der Waals surface area contributed by atoms with Crippen molar-refractivity contribution in [3.05, 3.63) is 80.7 Å². The van der Waals surface area contributed by atoms with E-state index < -0.39 is 11.6 Å². The van der Waals surface area contributed by atoms with E-state index in [0.29, 0.717) is 22.4 Å². The number of hydrogen-bond donors (Lipinski definition) is 1. The zero-order valence-electron chi connectivity index (χ0n) is 11.4. The summed E-state index contributed by atoms with van der Waals surface area (Å²) in [5, 5.41) is 10.2. The molecule has 0 amide bonds. The van der Waals surface area contributed by atoms with Crippen LogP contribution in [0, 0.1) is 0 Å². The Balaban J connectivity index is 2.06. The van der Waals surface area contributed by atoms with Crippen molar-refractivity contribution in [3.63, 3.8) is 0 Å². The second-order valence-electron chi connectivity index (χ2n) is 4.89. The van der Waals surface area contributed by atoms with E-state index in [9.17, 15) is 9.59 Å². The van der Waals surface area contributed by atoms with Gasteiger partial charge < -0.3 is 9.52 Å². The lowest BCUT2D eigenvalue weighted by molar-refractivity contribution is 0.0692. The number of benzene rings is 2. The number of hydrogen-bond acceptors (Lipinski definition) is 3. The lowest BCUT2D eigenvalue weighted by atomic mass is 10.0. The van der Waals surface area contributed by atoms with E-state index in [1.807, 2.05) is 30.3 Å². The minimum absolute atomic E-state index is 0.359. The molecule has 0 bridgehead atoms. The van der Waals surface area contributed by atoms with Crippen LogP contribution in [0.5, 0.6) is 0 Å². The molecule has 0 fully saturated rings. The third-order valence-electron chi connectivity index (χ3n) is 3.38. The molecular formula is C17H11ClO4. The average Bonchev–Trinajstić information content (AvgIpc) is 2.49. The molecule has 0 atom stereocenters. The predicted molar refractivity (Wildman–Crippen MR) is 83.7 cm³/mol. The van der Waals surface area contributed by atoms with Gasteiger partial charge in [-0.25, -0.2) is 9.59 Å². The molecule has 0 aliphatic carbocycles. The predicted octanol–water partition coefficient (Wildman–Crippen LogP) is 3.74. The Bertz CT molecular complexity index is 927. The summed E-state index contributed by atoms with van der Waals surface area (Å²) in [6, 6.07) is 14.1. The molecule has 110 valence electrons. The third kappa shape index (κ3) is 2.73. The van der Waals surface area contributed by atoms with Gasteiger partial charge in [0.1, 0.15) is 11.1 Å². The molecule has 5 heteroatoms. The highest BCUT2D eigenvalue weighted by molar-refractivity contribution is 6.31. The fourth-order valence-corrected chi connectivity index (χ4v) is 2.50. The van der Waals surface area contributed by atoms with E-state index in [4.69, 9.17) is 21.1 Å². The summed E-state index contributed by atoms with van der Waals surface area (Å²) in [6.07, 6.45) is 0.608. The van der Waals surface area contributed by atoms with Gasteiger partial charge in [0, 0.05) is 10.4 Å². The maximum atomic E-state index is 11.5. The minimum Gasteiger partial charge on any atom is -0.477 e. The molecule has 1 aromatic heterocycles. The Labute approximate surface area is 130 Å². The number of carbonyl (C=O) groups is 1. The first-order valence-corrected chi connectivity index (χ1v) is 6.96. The maximum absolute atomic E-state index is 11.5. The molecular weight excluding hydrogens is 304 g/mol. The van der Waals surface area contributed by atoms with E-state index in [1.165, 1.54) is 6.07 Å². The van der Waals surface area contributed by atoms with Gasteiger partial charge in [-0.3, -0.25) is 0 Å². The van der Waals surface area contributed by atoms with Crippen molar-refractivity contribution in [1.82, 2.24) is 0 Å². The van der Waals surface area contributed by atoms with Crippen molar-refractivity contribution >= 4 is 28.5 Å². The summed E-state index contributed by atoms with van der Waals surface area (Å²) in [5.74, 6) is -1.30. The number of aromatic carboxylic acids is 1. The fraction of sp³-hybridized carbons (Fsp3) is 0.0588. The van der Waals surface area contributed by atoms with Crippen molar-refractivity contribution in [3.8, 4) is 0 Å². The van der Waals surface area contributed by atoms with E-state index in [0.717, 1.165) is 11.1 Å². The number of carboxylic acid groups (broad SMARTS) is 1. The molecule has 1 heterocycles. The molecule has 0 saturated heterocycles. The quantitative estimate of drug-likeness (QED) is 0.748. The van der Waals surface area contributed by atoms with Gasteiger partial charge in [-0.05, 0) is 41.8 Å². The van der Waals surface area contributed by atoms with Crippen LogP contribution in [0.2, 0.25) is 5.02 Å². The molecule has 3 aromatic rings. The number of rotatable bonds is 3. The van der Waals surface area contributed by atoms with Gasteiger partial charge in [0.15, 0.2) is 0 Å². The standard InChI is InChI=1S/C17H11ClO4/c18-14-4-2-1-3-11(14)7-10-5-6-15-12(8-10)9-13(16(19)20)17(21)22-15/h1-6,8-9H,7H2,(H,19,20). The Morgan fingerprint density at radius 2 is 1.91 bits per heavy atom. The number of carboxylic acids is 1. The molecule has 0 spiro atoms. The lowest BCUT2D eigenvalue weighted by Gasteiger charge is -2.06. The molecule has 4 nitrogen and oxygen atoms in total. The van der Waals surface area contributed by atoms with Crippen molar-refractivity contribution in [2.45, 2.75) is 6.42 Å². The number of fused-ring (bicyclic) bond motifs is 1. The van der Waals surface area contributed by atoms with E-state index >= 15 is 0 Å². The van der Waals surface area contributed by atoms with E-state index in [1.54, 1.807) is 12.1 Å². The molecule has 0 radical (unpaired) electrons. The largest absolute Gasteiger partial charge is 0.477 e. The molecule has 22 heavy (non-hydrogen) atoms. The summed E-state index contributed by atoms with van der Waals surface area (Å²) >= 11 is 6.14. The van der Waals surface area contributed by atoms with Crippen LogP contribution in [-0.4, -0.2) is 11.1 Å². The van der Waals surface area contributed by atoms with Gasteiger partial charge in [0.25, 0.3) is 0 Å². The Morgan fingerprint density at radius 3 is 2.64 bits per heavy atom. The maximum Gasteiger partial charge on any atom is 0.351 e. The van der Waals surface area contributed by atoms with Gasteiger partial charge in [0.2, 0.25) is 0 Å². The minimum atomic E-state index is -1.30. The molecule has 0 aliphatic heterocycles. The first-order chi connectivity index (χ1) is 10.5. The Hall–Kier alpha value is -2.59. The first-order valence-electron chi connectivity index (χ1n) is 6.58. The van der Waals surface area contributed by atoms with Crippen molar-refractivity contribution in [2.75, 3.05) is 0 Å². The van der Waals surface area contributed by atoms with Crippen molar-refractivity contribution in [2.24, 2.45) is 0 Å². The van der Waals surface area contributed by atoms with Gasteiger partial charge in [-0.15, -0.1) is 0 Å². The topological polar surface area (TPSA) is 67.5 Å². The third-order valence-corrected chi connectivity index (χ3v) is 3.75. The summed E-state index contributed by atoms with van der Waals surface area (Å²) in [4.78, 5) is 22.5. The van der Waals surface area contributed by atoms with E-state index in [2.05, 4.69) is 0 Å². The molecule has 1 N–H and O–H groups in total. The first kappa shape index (κ1) is 14.4. The van der Waals surface area contributed by atoms with Crippen LogP contribution >= 0.6 is 11.6 Å². The van der Waals surface area contributed by atoms with Crippen LogP contribution in [-0.2, 0) is 6.42 Å². The normalized spacial score (nSPS) is 10.8. The van der Waals surface area contributed by atoms with Gasteiger partial charge >= 0.3 is 11.6 Å². The second-order valence-corrected chi connectivity index (χ2v) is 5.30. The highest BCUT2D eigenvalue weighted by Crippen LogP contribution is 2.22. The highest BCUT2D eigenvalue weighted by Gasteiger charge is 2.12. The zero-order chi connectivity index (χ0) is 15.7. The van der Waals surface area contributed by atoms with E-state index in [-0.39, 0.29) is 5.56 Å². The Kier molecular flexibility index (Phi) is 3.69. The average molecular weight is 315 g/mol. The van der Waals surface area contributed by atoms with Gasteiger partial charge in [-0.2, -0.15) is 0 Å². The van der Waals surface area contributed by atoms with Gasteiger partial charge in [-0.1, -0.05) is 35.9 Å². The van der Waals surface area contributed by atoms with Crippen LogP contribution in [0.3, 0.4) is 0 Å². The monoisotopic (exact) mass is 314 g/mol. The lowest BCUT2D eigenvalue weighted by Crippen LogP contribution is -2.12. The summed E-state index contributed by atoms with van der Waals surface area (Å²) < 4.78 is 5.02. The van der Waals surface area contributed by atoms with Crippen LogP contribution < -0.4 is 5.63 Å². The van der Waals surface area contributed by atoms with Crippen LogP contribution in [0.4, 0.5) is 0 Å². The molecule has 0 saturated carbocycles. The van der Waals surface area contributed by atoms with Gasteiger partial charge in [0.05, 0.1) is 0 Å². The summed E-state index contributed by atoms with van der Waals surface area (Å²) in [7, 11) is 0. The SMILES string of the molecule is O=C(O)c1cc2cc(Cc3ccccc3Cl)ccc2oc1=O. The van der Waals surface area contributed by atoms with Crippen molar-refractivity contribution < 1.29 is 14.3 Å². The molecule has 0 aliphatic rings. The number of halogens is 1. The zero-order valence-corrected chi connectivity index (χ0v) is 12.1. The second kappa shape index (κ2) is 5.66. The van der Waals surface area contributed by atoms with Crippen molar-refractivity contribution in [1.29, 1.82) is 0 Å². The summed E-state index contributed by atoms with van der Waals surface area (Å²) in [5.41, 5.74) is 1.06. The summed E-state index contributed by atoms with van der Waals surface area (Å²) in [6.45, 7) is 0. The highest BCUT2D eigenvalue weighted by atomic mass is 35.5. The van der Waals surface area contributed by atoms with Crippen LogP contribution in [0.25, 0.3) is 11.0 Å². The fourth-order valence-electron chi connectivity index (χ4n) is 2.29. The van der Waals surface area contributed by atoms with Crippen LogP contribution in [0.15, 0.2) is 57.7 Å². The Morgan fingerprint density at radius 1 is 1.14 bits per heavy atom. The molecule has 2 aromatic carbocycles. The molecule has 0 unspecified atom stereocenters. The molecule has 3 rings (SSSR count). The smallest absolute Gasteiger partial charge is 0.351 e.